The highest BCUT2D eigenvalue weighted by molar-refractivity contribution is 5.97. The molecule has 0 spiro atoms. The number of carbonyl (C=O) groups excluding carboxylic acids is 2. The van der Waals surface area contributed by atoms with Crippen molar-refractivity contribution in [1.82, 2.24) is 5.32 Å². The maximum absolute atomic E-state index is 12.7. The average molecular weight is 351 g/mol. The molecule has 0 bridgehead atoms. The van der Waals surface area contributed by atoms with Gasteiger partial charge in [0.15, 0.2) is 0 Å². The predicted molar refractivity (Wildman–Crippen MR) is 95.9 cm³/mol. The van der Waals surface area contributed by atoms with Gasteiger partial charge < -0.3 is 9.47 Å². The summed E-state index contributed by atoms with van der Waals surface area (Å²) in [7, 11) is 3.00. The number of Topliss-reactive ketones (excluding diaryl/α,β-unsaturated/α-hetero) is 1. The minimum atomic E-state index is -0.570. The van der Waals surface area contributed by atoms with Crippen LogP contribution in [0.5, 0.6) is 5.75 Å². The van der Waals surface area contributed by atoms with Gasteiger partial charge in [-0.3, -0.25) is 14.9 Å². The van der Waals surface area contributed by atoms with E-state index >= 15 is 0 Å². The van der Waals surface area contributed by atoms with Gasteiger partial charge in [0.1, 0.15) is 17.6 Å². The van der Waals surface area contributed by atoms with Gasteiger partial charge in [0.25, 0.3) is 0 Å². The average Bonchev–Trinajstić information content (AvgIpc) is 2.97. The van der Waals surface area contributed by atoms with Crippen LogP contribution in [0.15, 0.2) is 54.6 Å². The number of methoxy groups -OCH3 is 2. The normalized spacial score (nSPS) is 29.6. The van der Waals surface area contributed by atoms with E-state index in [2.05, 4.69) is 5.32 Å². The number of nitrogens with one attached hydrogen (secondary N) is 1. The van der Waals surface area contributed by atoms with Gasteiger partial charge in [0.05, 0.1) is 14.2 Å². The van der Waals surface area contributed by atoms with Crippen LogP contribution in [-0.2, 0) is 19.7 Å². The van der Waals surface area contributed by atoms with Crippen molar-refractivity contribution in [3.05, 3.63) is 65.7 Å². The quantitative estimate of drug-likeness (QED) is 0.857. The molecule has 0 amide bonds. The molecule has 5 heteroatoms. The summed E-state index contributed by atoms with van der Waals surface area (Å²) < 4.78 is 10.4. The van der Waals surface area contributed by atoms with E-state index < -0.39 is 11.5 Å². The first-order chi connectivity index (χ1) is 12.6. The maximum atomic E-state index is 12.7. The zero-order valence-electron chi connectivity index (χ0n) is 14.8. The molecule has 0 radical (unpaired) electrons. The standard InChI is InChI=1S/C21H21NO4/c1-25-15-10-6-7-13(11-15)18-17-16(23)12-21(17,14-8-4-3-5-9-14)19(22-18)20(24)26-2/h3-11,17-19,22H,12H2,1-2H3/t17-,18+,19-,21+/m1/s1. The Bertz CT molecular complexity index is 850. The van der Waals surface area contributed by atoms with E-state index in [0.717, 1.165) is 16.9 Å². The van der Waals surface area contributed by atoms with Crippen LogP contribution in [0.1, 0.15) is 23.6 Å². The predicted octanol–water partition coefficient (Wildman–Crippen LogP) is 2.41. The number of esters is 1. The molecule has 1 aliphatic heterocycles. The van der Waals surface area contributed by atoms with E-state index in [0.29, 0.717) is 6.42 Å². The molecule has 2 fully saturated rings. The molecule has 1 N–H and O–H groups in total. The van der Waals surface area contributed by atoms with Crippen LogP contribution < -0.4 is 10.1 Å². The number of benzene rings is 2. The molecular formula is C21H21NO4. The lowest BCUT2D eigenvalue weighted by atomic mass is 9.53. The first-order valence-corrected chi connectivity index (χ1v) is 8.68. The van der Waals surface area contributed by atoms with Crippen molar-refractivity contribution >= 4 is 11.8 Å². The van der Waals surface area contributed by atoms with Crippen molar-refractivity contribution in [2.45, 2.75) is 23.9 Å². The molecule has 26 heavy (non-hydrogen) atoms. The van der Waals surface area contributed by atoms with Gasteiger partial charge in [-0.05, 0) is 23.3 Å². The Morgan fingerprint density at radius 1 is 1.12 bits per heavy atom. The summed E-state index contributed by atoms with van der Waals surface area (Å²) in [4.78, 5) is 25.2. The number of ether oxygens (including phenoxy) is 2. The lowest BCUT2D eigenvalue weighted by molar-refractivity contribution is -0.148. The van der Waals surface area contributed by atoms with Crippen molar-refractivity contribution in [2.75, 3.05) is 14.2 Å². The Balaban J connectivity index is 1.82. The summed E-state index contributed by atoms with van der Waals surface area (Å²) in [6.07, 6.45) is 0.342. The number of ketones is 1. The number of hydrogen-bond donors (Lipinski definition) is 1. The van der Waals surface area contributed by atoms with Gasteiger partial charge in [-0.15, -0.1) is 0 Å². The molecular weight excluding hydrogens is 330 g/mol. The summed E-state index contributed by atoms with van der Waals surface area (Å²) in [5, 5.41) is 3.39. The monoisotopic (exact) mass is 351 g/mol. The molecule has 134 valence electrons. The van der Waals surface area contributed by atoms with Crippen molar-refractivity contribution in [3.8, 4) is 5.75 Å². The highest BCUT2D eigenvalue weighted by Crippen LogP contribution is 2.58. The first kappa shape index (κ1) is 16.8. The first-order valence-electron chi connectivity index (χ1n) is 8.68. The fourth-order valence-corrected chi connectivity index (χ4v) is 4.57. The summed E-state index contributed by atoms with van der Waals surface area (Å²) in [5.74, 6) is 0.251. The molecule has 1 heterocycles. The zero-order valence-corrected chi connectivity index (χ0v) is 14.8. The van der Waals surface area contributed by atoms with E-state index in [1.807, 2.05) is 54.6 Å². The van der Waals surface area contributed by atoms with Gasteiger partial charge >= 0.3 is 5.97 Å². The molecule has 0 unspecified atom stereocenters. The number of carbonyl (C=O) groups is 2. The van der Waals surface area contributed by atoms with Gasteiger partial charge in [-0.25, -0.2) is 0 Å². The van der Waals surface area contributed by atoms with Crippen LogP contribution in [0.25, 0.3) is 0 Å². The maximum Gasteiger partial charge on any atom is 0.323 e. The highest BCUT2D eigenvalue weighted by atomic mass is 16.5. The van der Waals surface area contributed by atoms with Crippen LogP contribution in [0.4, 0.5) is 0 Å². The van der Waals surface area contributed by atoms with Gasteiger partial charge in [-0.2, -0.15) is 0 Å². The van der Waals surface area contributed by atoms with Crippen molar-refractivity contribution in [3.63, 3.8) is 0 Å². The number of hydrogen-bond acceptors (Lipinski definition) is 5. The minimum Gasteiger partial charge on any atom is -0.497 e. The van der Waals surface area contributed by atoms with Gasteiger partial charge in [-0.1, -0.05) is 42.5 Å². The van der Waals surface area contributed by atoms with E-state index in [1.165, 1.54) is 7.11 Å². The van der Waals surface area contributed by atoms with Gasteiger partial charge in [0, 0.05) is 23.8 Å². The van der Waals surface area contributed by atoms with E-state index in [9.17, 15) is 9.59 Å². The molecule has 4 atom stereocenters. The summed E-state index contributed by atoms with van der Waals surface area (Å²) in [6, 6.07) is 16.6. The largest absolute Gasteiger partial charge is 0.497 e. The molecule has 1 aliphatic carbocycles. The fraction of sp³-hybridized carbons (Fsp3) is 0.333. The second-order valence-corrected chi connectivity index (χ2v) is 6.90. The van der Waals surface area contributed by atoms with Crippen molar-refractivity contribution in [2.24, 2.45) is 5.92 Å². The molecule has 4 rings (SSSR count). The lowest BCUT2D eigenvalue weighted by Crippen LogP contribution is -2.58. The highest BCUT2D eigenvalue weighted by Gasteiger charge is 2.68. The summed E-state index contributed by atoms with van der Waals surface area (Å²) in [6.45, 7) is 0. The second-order valence-electron chi connectivity index (χ2n) is 6.90. The van der Waals surface area contributed by atoms with Crippen LogP contribution in [0.2, 0.25) is 0 Å². The Hall–Kier alpha value is -2.66. The van der Waals surface area contributed by atoms with Crippen molar-refractivity contribution < 1.29 is 19.1 Å². The van der Waals surface area contributed by atoms with E-state index in [4.69, 9.17) is 9.47 Å². The van der Waals surface area contributed by atoms with Crippen LogP contribution in [0.3, 0.4) is 0 Å². The third-order valence-corrected chi connectivity index (χ3v) is 5.76. The van der Waals surface area contributed by atoms with Crippen LogP contribution in [-0.4, -0.2) is 32.0 Å². The van der Waals surface area contributed by atoms with E-state index in [1.54, 1.807) is 7.11 Å². The molecule has 5 nitrogen and oxygen atoms in total. The summed E-state index contributed by atoms with van der Waals surface area (Å²) >= 11 is 0. The molecule has 1 saturated carbocycles. The Labute approximate surface area is 152 Å². The molecule has 0 aromatic heterocycles. The smallest absolute Gasteiger partial charge is 0.323 e. The minimum absolute atomic E-state index is 0.167. The van der Waals surface area contributed by atoms with Crippen LogP contribution in [0, 0.1) is 5.92 Å². The summed E-state index contributed by atoms with van der Waals surface area (Å²) in [5.41, 5.74) is 1.37. The van der Waals surface area contributed by atoms with Crippen molar-refractivity contribution in [1.29, 1.82) is 0 Å². The SMILES string of the molecule is COC(=O)[C@H]1N[C@@H](c2cccc(OC)c2)[C@H]2C(=O)C[C@@]12c1ccccc1. The second kappa shape index (κ2) is 6.25. The molecule has 1 saturated heterocycles. The third-order valence-electron chi connectivity index (χ3n) is 5.76. The topological polar surface area (TPSA) is 64.6 Å². The fourth-order valence-electron chi connectivity index (χ4n) is 4.57. The Morgan fingerprint density at radius 3 is 2.54 bits per heavy atom. The Kier molecular flexibility index (Phi) is 4.04. The number of rotatable bonds is 4. The molecule has 2 aromatic rings. The van der Waals surface area contributed by atoms with E-state index in [-0.39, 0.29) is 23.7 Å². The molecule has 2 aromatic carbocycles. The zero-order chi connectivity index (χ0) is 18.3. The Morgan fingerprint density at radius 2 is 1.88 bits per heavy atom. The van der Waals surface area contributed by atoms with Crippen LogP contribution >= 0.6 is 0 Å². The lowest BCUT2D eigenvalue weighted by Gasteiger charge is -2.46. The van der Waals surface area contributed by atoms with Gasteiger partial charge in [0.2, 0.25) is 0 Å². The third kappa shape index (κ3) is 2.27. The molecule has 2 aliphatic rings. The number of fused-ring (bicyclic) bond motifs is 1.